The maximum Gasteiger partial charge on any atom is 0.481 e. The van der Waals surface area contributed by atoms with Gasteiger partial charge in [-0.1, -0.05) is 120 Å². The first-order valence-electron chi connectivity index (χ1n) is 23.3. The number of rotatable bonds is 35. The standard InChI is InChI=1S/C46H73N3O16P2/c1-4-5-20-26-37-38(63-37)27-22-17-12-10-8-6-7-9-11-13-18-23-28-41(50)59-32-36(62-42(51)29-24-19-15-14-16-21-25-35(2)3)33-60-66(55,56)65-67(57,58)61-34-39-43(52)44(53)45(64-39)49-31-30-40(47)48-46(49)54/h5,7-10,13,17-18,20,22,30-31,35-39,43-45,52-53H,4,6,11-12,14-16,19,21,23-29,32-34H2,1-3H3,(H,55,56)(H,57,58)(H2,47,48,54)/b9-7-,10-8-,18-13-,20-5-,22-17-/t36-,37?,38?,39-,43-,44-,45-/m1/s1. The molecule has 2 saturated heterocycles. The van der Waals surface area contributed by atoms with Crippen LogP contribution in [0.1, 0.15) is 130 Å². The van der Waals surface area contributed by atoms with E-state index >= 15 is 0 Å². The zero-order valence-electron chi connectivity index (χ0n) is 39.0. The number of anilines is 1. The number of phosphoric acid groups is 2. The first kappa shape index (κ1) is 57.7. The van der Waals surface area contributed by atoms with Crippen molar-refractivity contribution in [2.45, 2.75) is 166 Å². The molecular formula is C46H73N3O16P2. The minimum absolute atomic E-state index is 0.00395. The third-order valence-corrected chi connectivity index (χ3v) is 13.1. The zero-order chi connectivity index (χ0) is 49.1. The van der Waals surface area contributed by atoms with Crippen molar-refractivity contribution in [3.63, 3.8) is 0 Å². The lowest BCUT2D eigenvalue weighted by Crippen LogP contribution is -2.36. The summed E-state index contributed by atoms with van der Waals surface area (Å²) < 4.78 is 62.1. The van der Waals surface area contributed by atoms with Crippen molar-refractivity contribution >= 4 is 33.4 Å². The van der Waals surface area contributed by atoms with E-state index < -0.39 is 83.7 Å². The highest BCUT2D eigenvalue weighted by Crippen LogP contribution is 2.60. The van der Waals surface area contributed by atoms with Gasteiger partial charge in [0.15, 0.2) is 12.3 Å². The Labute approximate surface area is 394 Å². The fraction of sp³-hybridized carbons (Fsp3) is 0.652. The molecule has 4 unspecified atom stereocenters. The second-order valence-corrected chi connectivity index (χ2v) is 19.8. The summed E-state index contributed by atoms with van der Waals surface area (Å²) in [5, 5.41) is 20.9. The SMILES string of the molecule is CC/C=C\CC1OC1C/C=C\C/C=C\C/C=C\C/C=C\CCC(=O)OC[C@H](COP(=O)(O)OP(=O)(O)OC[C@H]1O[C@@H](n2ccc(N)nc2=O)[C@H](O)[C@@H]1O)OC(=O)CCCCCCCCC(C)C. The lowest BCUT2D eigenvalue weighted by Gasteiger charge is -2.21. The molecule has 3 rings (SSSR count). The maximum atomic E-state index is 12.8. The fourth-order valence-corrected chi connectivity index (χ4v) is 8.85. The van der Waals surface area contributed by atoms with Gasteiger partial charge < -0.3 is 44.7 Å². The fourth-order valence-electron chi connectivity index (χ4n) is 6.74. The lowest BCUT2D eigenvalue weighted by molar-refractivity contribution is -0.161. The largest absolute Gasteiger partial charge is 0.481 e. The molecule has 2 aliphatic heterocycles. The number of nitrogens with zero attached hydrogens (tertiary/aromatic N) is 2. The van der Waals surface area contributed by atoms with Gasteiger partial charge in [-0.2, -0.15) is 9.29 Å². The van der Waals surface area contributed by atoms with Crippen LogP contribution in [0.3, 0.4) is 0 Å². The van der Waals surface area contributed by atoms with Gasteiger partial charge in [-0.3, -0.25) is 23.2 Å². The van der Waals surface area contributed by atoms with Crippen molar-refractivity contribution in [1.29, 1.82) is 0 Å². The number of allylic oxidation sites excluding steroid dienone is 8. The lowest BCUT2D eigenvalue weighted by atomic mass is 10.0. The molecule has 1 aromatic rings. The van der Waals surface area contributed by atoms with Crippen LogP contribution in [0.25, 0.3) is 0 Å². The maximum absolute atomic E-state index is 12.8. The number of epoxide rings is 1. The number of hydrogen-bond donors (Lipinski definition) is 5. The summed E-state index contributed by atoms with van der Waals surface area (Å²) in [6.07, 6.45) is 27.1. The molecule has 21 heteroatoms. The predicted octanol–water partition coefficient (Wildman–Crippen LogP) is 7.62. The van der Waals surface area contributed by atoms with Crippen molar-refractivity contribution in [2.24, 2.45) is 5.92 Å². The first-order chi connectivity index (χ1) is 32.0. The van der Waals surface area contributed by atoms with Gasteiger partial charge in [0.05, 0.1) is 25.4 Å². The molecule has 1 aromatic heterocycles. The average Bonchev–Trinajstić information content (AvgIpc) is 3.96. The van der Waals surface area contributed by atoms with Gasteiger partial charge >= 0.3 is 33.3 Å². The molecule has 0 amide bonds. The van der Waals surface area contributed by atoms with Gasteiger partial charge in [-0.15, -0.1) is 0 Å². The quantitative estimate of drug-likeness (QED) is 0.0144. The van der Waals surface area contributed by atoms with Crippen LogP contribution in [0.4, 0.5) is 5.82 Å². The van der Waals surface area contributed by atoms with E-state index in [2.05, 4.69) is 72.6 Å². The average molecular weight is 986 g/mol. The third-order valence-electron chi connectivity index (χ3n) is 10.5. The number of phosphoric ester groups is 2. The van der Waals surface area contributed by atoms with E-state index in [0.717, 1.165) is 81.4 Å². The van der Waals surface area contributed by atoms with Crippen LogP contribution in [0.5, 0.6) is 0 Å². The van der Waals surface area contributed by atoms with E-state index in [1.165, 1.54) is 6.07 Å². The number of nitrogens with two attached hydrogens (primary N) is 1. The number of carbonyl (C=O) groups is 2. The Bertz CT molecular complexity index is 1940. The number of aromatic nitrogens is 2. The van der Waals surface area contributed by atoms with Crippen molar-refractivity contribution in [2.75, 3.05) is 25.6 Å². The Balaban J connectivity index is 1.41. The Kier molecular flexibility index (Phi) is 27.2. The van der Waals surface area contributed by atoms with Crippen LogP contribution in [-0.2, 0) is 51.0 Å². The highest BCUT2D eigenvalue weighted by molar-refractivity contribution is 7.61. The molecule has 0 radical (unpaired) electrons. The van der Waals surface area contributed by atoms with Crippen LogP contribution in [-0.4, -0.2) is 97.9 Å². The topological polar surface area (TPSA) is 278 Å². The summed E-state index contributed by atoms with van der Waals surface area (Å²) in [4.78, 5) is 61.6. The van der Waals surface area contributed by atoms with Crippen molar-refractivity contribution in [3.8, 4) is 0 Å². The van der Waals surface area contributed by atoms with Crippen LogP contribution in [0.2, 0.25) is 0 Å². The molecule has 0 aliphatic carbocycles. The van der Waals surface area contributed by atoms with Crippen LogP contribution >= 0.6 is 15.6 Å². The van der Waals surface area contributed by atoms with E-state index in [0.29, 0.717) is 37.4 Å². The summed E-state index contributed by atoms with van der Waals surface area (Å²) >= 11 is 0. The van der Waals surface area contributed by atoms with E-state index in [-0.39, 0.29) is 18.7 Å². The molecule has 0 aromatic carbocycles. The van der Waals surface area contributed by atoms with Crippen molar-refractivity contribution < 1.29 is 71.0 Å². The smallest absolute Gasteiger partial charge is 0.462 e. The summed E-state index contributed by atoms with van der Waals surface area (Å²) in [5.74, 6) is -0.764. The molecule has 0 spiro atoms. The van der Waals surface area contributed by atoms with Gasteiger partial charge in [0.1, 0.15) is 30.7 Å². The number of nitrogen functional groups attached to an aromatic ring is 1. The molecule has 19 nitrogen and oxygen atoms in total. The predicted molar refractivity (Wildman–Crippen MR) is 251 cm³/mol. The molecular weight excluding hydrogens is 912 g/mol. The minimum atomic E-state index is -5.43. The molecule has 0 bridgehead atoms. The molecule has 2 aliphatic rings. The number of unbranched alkanes of at least 4 members (excludes halogenated alkanes) is 5. The molecule has 2 fully saturated rings. The highest BCUT2D eigenvalue weighted by atomic mass is 31.3. The monoisotopic (exact) mass is 985 g/mol. The molecule has 3 heterocycles. The Morgan fingerprint density at radius 3 is 2.01 bits per heavy atom. The number of carbonyl (C=O) groups excluding carboxylic acids is 2. The Morgan fingerprint density at radius 2 is 1.37 bits per heavy atom. The van der Waals surface area contributed by atoms with Gasteiger partial charge in [-0.25, -0.2) is 13.9 Å². The number of hydrogen-bond acceptors (Lipinski definition) is 16. The summed E-state index contributed by atoms with van der Waals surface area (Å²) in [7, 11) is -10.9. The van der Waals surface area contributed by atoms with Crippen LogP contribution < -0.4 is 11.4 Å². The van der Waals surface area contributed by atoms with E-state index in [1.807, 2.05) is 18.2 Å². The van der Waals surface area contributed by atoms with Gasteiger partial charge in [-0.05, 0) is 63.4 Å². The number of aliphatic hydroxyl groups excluding tert-OH is 2. The molecule has 378 valence electrons. The molecule has 9 atom stereocenters. The molecule has 67 heavy (non-hydrogen) atoms. The normalized spacial score (nSPS) is 23.2. The number of aliphatic hydroxyl groups is 2. The number of ether oxygens (including phenoxy) is 4. The third kappa shape index (κ3) is 25.0. The summed E-state index contributed by atoms with van der Waals surface area (Å²) in [6, 6.07) is 1.24. The Morgan fingerprint density at radius 1 is 0.776 bits per heavy atom. The van der Waals surface area contributed by atoms with E-state index in [4.69, 9.17) is 33.7 Å². The van der Waals surface area contributed by atoms with Crippen molar-refractivity contribution in [1.82, 2.24) is 9.55 Å². The first-order valence-corrected chi connectivity index (χ1v) is 26.3. The summed E-state index contributed by atoms with van der Waals surface area (Å²) in [5.41, 5.74) is 4.57. The van der Waals surface area contributed by atoms with Crippen LogP contribution in [0, 0.1) is 5.92 Å². The second-order valence-electron chi connectivity index (χ2n) is 16.7. The van der Waals surface area contributed by atoms with Gasteiger partial charge in [0, 0.05) is 19.0 Å². The number of esters is 2. The Hall–Kier alpha value is -3.58. The van der Waals surface area contributed by atoms with Gasteiger partial charge in [0.25, 0.3) is 0 Å². The van der Waals surface area contributed by atoms with E-state index in [1.54, 1.807) is 0 Å². The molecule has 6 N–H and O–H groups in total. The minimum Gasteiger partial charge on any atom is -0.462 e. The second kappa shape index (κ2) is 31.5. The zero-order valence-corrected chi connectivity index (χ0v) is 40.8. The van der Waals surface area contributed by atoms with Gasteiger partial charge in [0.2, 0.25) is 0 Å². The van der Waals surface area contributed by atoms with Crippen molar-refractivity contribution in [3.05, 3.63) is 83.5 Å². The van der Waals surface area contributed by atoms with Crippen LogP contribution in [0.15, 0.2) is 77.8 Å². The highest BCUT2D eigenvalue weighted by Gasteiger charge is 2.46. The van der Waals surface area contributed by atoms with E-state index in [9.17, 15) is 43.5 Å². The summed E-state index contributed by atoms with van der Waals surface area (Å²) in [6.45, 7) is 4.10. The molecule has 0 saturated carbocycles.